The van der Waals surface area contributed by atoms with Gasteiger partial charge in [-0.1, -0.05) is 61.8 Å². The first-order valence-corrected chi connectivity index (χ1v) is 15.5. The zero-order valence-corrected chi connectivity index (χ0v) is 26.0. The van der Waals surface area contributed by atoms with Crippen LogP contribution in [0.3, 0.4) is 0 Å². The molecule has 2 aromatic heterocycles. The zero-order valence-electron chi connectivity index (χ0n) is 25.3. The molecular weight excluding hydrogens is 562 g/mol. The normalized spacial score (nSPS) is 21.5. The first kappa shape index (κ1) is 29.3. The molecule has 9 heteroatoms. The van der Waals surface area contributed by atoms with E-state index in [2.05, 4.69) is 35.9 Å². The van der Waals surface area contributed by atoms with Crippen molar-refractivity contribution >= 4 is 23.2 Å². The van der Waals surface area contributed by atoms with Gasteiger partial charge in [0.25, 0.3) is 5.91 Å². The standard InChI is InChI=1S/C34H38ClN5O3/c1-5-42-31-36-20-24(21-37-31)23-9-8-10-25(19-23)40(28(41)26-11-6-7-12-27(26)35)22-33-13-16-34(17-14-33,18-15-33)30-38-29(39-43-30)32(2,3)4/h6-12,19-21H,5,13-18,22H2,1-4H3. The monoisotopic (exact) mass is 599 g/mol. The average molecular weight is 600 g/mol. The highest BCUT2D eigenvalue weighted by molar-refractivity contribution is 6.34. The highest BCUT2D eigenvalue weighted by atomic mass is 35.5. The third kappa shape index (κ3) is 5.77. The number of amides is 1. The van der Waals surface area contributed by atoms with Crippen molar-refractivity contribution in [1.29, 1.82) is 0 Å². The van der Waals surface area contributed by atoms with Crippen LogP contribution in [-0.4, -0.2) is 39.2 Å². The van der Waals surface area contributed by atoms with Crippen molar-refractivity contribution in [2.75, 3.05) is 18.1 Å². The van der Waals surface area contributed by atoms with E-state index >= 15 is 0 Å². The lowest BCUT2D eigenvalue weighted by Gasteiger charge is -2.53. The van der Waals surface area contributed by atoms with E-state index in [1.807, 2.05) is 48.2 Å². The number of anilines is 1. The SMILES string of the molecule is CCOc1ncc(-c2cccc(N(CC34CCC(c5nc(C(C)(C)C)no5)(CC3)CC4)C(=O)c3ccccc3Cl)c2)cn1. The van der Waals surface area contributed by atoms with Gasteiger partial charge >= 0.3 is 6.01 Å². The van der Waals surface area contributed by atoms with Crippen LogP contribution in [0.1, 0.15) is 88.3 Å². The molecule has 0 aliphatic heterocycles. The Kier molecular flexibility index (Phi) is 7.75. The molecule has 1 amide bonds. The van der Waals surface area contributed by atoms with E-state index in [0.717, 1.165) is 67.1 Å². The number of halogens is 1. The van der Waals surface area contributed by atoms with Gasteiger partial charge in [0.2, 0.25) is 5.89 Å². The van der Waals surface area contributed by atoms with Gasteiger partial charge in [0, 0.05) is 41.0 Å². The van der Waals surface area contributed by atoms with Crippen LogP contribution < -0.4 is 9.64 Å². The van der Waals surface area contributed by atoms with E-state index in [1.165, 1.54) is 0 Å². The van der Waals surface area contributed by atoms with E-state index in [1.54, 1.807) is 24.5 Å². The van der Waals surface area contributed by atoms with Gasteiger partial charge in [-0.2, -0.15) is 4.98 Å². The van der Waals surface area contributed by atoms with Gasteiger partial charge in [-0.25, -0.2) is 9.97 Å². The Labute approximate surface area is 257 Å². The summed E-state index contributed by atoms with van der Waals surface area (Å²) in [4.78, 5) is 29.7. The highest BCUT2D eigenvalue weighted by Crippen LogP contribution is 2.58. The van der Waals surface area contributed by atoms with Crippen molar-refractivity contribution < 1.29 is 14.1 Å². The molecule has 2 heterocycles. The molecule has 3 saturated carbocycles. The number of nitrogens with zero attached hydrogens (tertiary/aromatic N) is 5. The van der Waals surface area contributed by atoms with Crippen molar-refractivity contribution in [3.63, 3.8) is 0 Å². The summed E-state index contributed by atoms with van der Waals surface area (Å²) in [6, 6.07) is 15.6. The minimum absolute atomic E-state index is 0.0101. The lowest BCUT2D eigenvalue weighted by Crippen LogP contribution is -2.50. The fourth-order valence-corrected chi connectivity index (χ4v) is 6.70. The summed E-state index contributed by atoms with van der Waals surface area (Å²) in [7, 11) is 0. The minimum atomic E-state index is -0.156. The zero-order chi connectivity index (χ0) is 30.2. The van der Waals surface area contributed by atoms with Gasteiger partial charge in [-0.05, 0) is 80.7 Å². The lowest BCUT2D eigenvalue weighted by atomic mass is 9.53. The summed E-state index contributed by atoms with van der Waals surface area (Å²) in [5, 5.41) is 4.77. The molecule has 2 aromatic carbocycles. The third-order valence-corrected chi connectivity index (χ3v) is 9.52. The number of carbonyl (C=O) groups is 1. The van der Waals surface area contributed by atoms with Gasteiger partial charge in [-0.15, -0.1) is 0 Å². The minimum Gasteiger partial charge on any atom is -0.464 e. The Bertz CT molecular complexity index is 1590. The summed E-state index contributed by atoms with van der Waals surface area (Å²) in [5.74, 6) is 1.43. The number of benzene rings is 2. The maximum Gasteiger partial charge on any atom is 0.316 e. The number of ether oxygens (including phenoxy) is 1. The van der Waals surface area contributed by atoms with Crippen molar-refractivity contribution in [3.8, 4) is 17.1 Å². The summed E-state index contributed by atoms with van der Waals surface area (Å²) in [6.07, 6.45) is 9.36. The van der Waals surface area contributed by atoms with E-state index in [4.69, 9.17) is 25.8 Å². The Hall–Kier alpha value is -3.78. The van der Waals surface area contributed by atoms with Crippen LogP contribution in [-0.2, 0) is 10.8 Å². The van der Waals surface area contributed by atoms with Crippen LogP contribution >= 0.6 is 11.6 Å². The van der Waals surface area contributed by atoms with Crippen molar-refractivity contribution in [2.45, 2.75) is 77.0 Å². The van der Waals surface area contributed by atoms with Gasteiger partial charge in [0.15, 0.2) is 5.82 Å². The molecule has 224 valence electrons. The van der Waals surface area contributed by atoms with Crippen molar-refractivity contribution in [1.82, 2.24) is 20.1 Å². The first-order valence-electron chi connectivity index (χ1n) is 15.1. The molecule has 0 radical (unpaired) electrons. The maximum absolute atomic E-state index is 14.2. The molecule has 43 heavy (non-hydrogen) atoms. The van der Waals surface area contributed by atoms with E-state index in [0.29, 0.717) is 29.7 Å². The van der Waals surface area contributed by atoms with Crippen LogP contribution in [0.2, 0.25) is 5.02 Å². The number of hydrogen-bond donors (Lipinski definition) is 0. The first-order chi connectivity index (χ1) is 20.6. The smallest absolute Gasteiger partial charge is 0.316 e. The molecule has 8 nitrogen and oxygen atoms in total. The molecule has 0 spiro atoms. The highest BCUT2D eigenvalue weighted by Gasteiger charge is 2.53. The maximum atomic E-state index is 14.2. The topological polar surface area (TPSA) is 94.2 Å². The quantitative estimate of drug-likeness (QED) is 0.204. The third-order valence-electron chi connectivity index (χ3n) is 9.19. The van der Waals surface area contributed by atoms with Crippen LogP contribution in [0, 0.1) is 5.41 Å². The van der Waals surface area contributed by atoms with Gasteiger partial charge in [0.1, 0.15) is 0 Å². The summed E-state index contributed by atoms with van der Waals surface area (Å²) in [5.41, 5.74) is 2.84. The van der Waals surface area contributed by atoms with Gasteiger partial charge < -0.3 is 14.2 Å². The van der Waals surface area contributed by atoms with Crippen molar-refractivity contribution in [2.24, 2.45) is 5.41 Å². The van der Waals surface area contributed by atoms with Crippen LogP contribution in [0.5, 0.6) is 6.01 Å². The molecule has 3 aliphatic carbocycles. The second-order valence-corrected chi connectivity index (χ2v) is 13.5. The van der Waals surface area contributed by atoms with Gasteiger partial charge in [-0.3, -0.25) is 4.79 Å². The second-order valence-electron chi connectivity index (χ2n) is 13.1. The summed E-state index contributed by atoms with van der Waals surface area (Å²) < 4.78 is 11.3. The molecule has 3 fully saturated rings. The van der Waals surface area contributed by atoms with E-state index < -0.39 is 0 Å². The second kappa shape index (κ2) is 11.4. The van der Waals surface area contributed by atoms with E-state index in [-0.39, 0.29) is 22.2 Å². The number of aromatic nitrogens is 4. The molecule has 7 rings (SSSR count). The predicted molar refractivity (Wildman–Crippen MR) is 167 cm³/mol. The van der Waals surface area contributed by atoms with Crippen LogP contribution in [0.4, 0.5) is 5.69 Å². The Morgan fingerprint density at radius 2 is 1.67 bits per heavy atom. The number of fused-ring (bicyclic) bond motifs is 3. The van der Waals surface area contributed by atoms with Crippen LogP contribution in [0.25, 0.3) is 11.1 Å². The average Bonchev–Trinajstić information content (AvgIpc) is 3.54. The van der Waals surface area contributed by atoms with Crippen molar-refractivity contribution in [3.05, 3.63) is 83.2 Å². The molecular formula is C34H38ClN5O3. The van der Waals surface area contributed by atoms with Gasteiger partial charge in [0.05, 0.1) is 17.2 Å². The largest absolute Gasteiger partial charge is 0.464 e. The number of carbonyl (C=O) groups excluding carboxylic acids is 1. The molecule has 0 atom stereocenters. The molecule has 4 aromatic rings. The molecule has 0 saturated heterocycles. The number of hydrogen-bond acceptors (Lipinski definition) is 7. The molecule has 2 bridgehead atoms. The fourth-order valence-electron chi connectivity index (χ4n) is 6.48. The molecule has 0 N–H and O–H groups in total. The lowest BCUT2D eigenvalue weighted by molar-refractivity contribution is 0.0274. The summed E-state index contributed by atoms with van der Waals surface area (Å²) in [6.45, 7) is 9.33. The molecule has 0 unspecified atom stereocenters. The molecule has 3 aliphatic rings. The Balaban J connectivity index is 1.29. The van der Waals surface area contributed by atoms with E-state index in [9.17, 15) is 4.79 Å². The fraction of sp³-hybridized carbons (Fsp3) is 0.441. The number of rotatable bonds is 8. The Morgan fingerprint density at radius 3 is 2.30 bits per heavy atom. The Morgan fingerprint density at radius 1 is 0.977 bits per heavy atom. The summed E-state index contributed by atoms with van der Waals surface area (Å²) >= 11 is 6.56. The van der Waals surface area contributed by atoms with Crippen LogP contribution in [0.15, 0.2) is 65.4 Å². The predicted octanol–water partition coefficient (Wildman–Crippen LogP) is 7.82.